The van der Waals surface area contributed by atoms with Crippen molar-refractivity contribution in [2.75, 3.05) is 32.6 Å². The molecule has 1 fully saturated rings. The molecule has 26 heavy (non-hydrogen) atoms. The second-order valence-corrected chi connectivity index (χ2v) is 6.26. The highest BCUT2D eigenvalue weighted by Crippen LogP contribution is 2.38. The van der Waals surface area contributed by atoms with Crippen LogP contribution in [0.15, 0.2) is 42.5 Å². The third-order valence-electron chi connectivity index (χ3n) is 4.66. The second kappa shape index (κ2) is 8.19. The van der Waals surface area contributed by atoms with Gasteiger partial charge in [0.25, 0.3) is 0 Å². The maximum Gasteiger partial charge on any atom is 0.238 e. The molecule has 1 aliphatic heterocycles. The first kappa shape index (κ1) is 18.2. The Bertz CT molecular complexity index is 781. The van der Waals surface area contributed by atoms with Crippen LogP contribution in [0.1, 0.15) is 24.4 Å². The van der Waals surface area contributed by atoms with Crippen molar-refractivity contribution >= 4 is 11.6 Å². The number of amides is 1. The molecule has 0 saturated carbocycles. The number of nitrogens with one attached hydrogen (secondary N) is 1. The molecule has 1 N–H and O–H groups in total. The van der Waals surface area contributed by atoms with E-state index in [1.165, 1.54) is 6.07 Å². The summed E-state index contributed by atoms with van der Waals surface area (Å²) in [7, 11) is 3.24. The van der Waals surface area contributed by atoms with E-state index < -0.39 is 5.82 Å². The Morgan fingerprint density at radius 1 is 1.23 bits per heavy atom. The lowest BCUT2D eigenvalue weighted by Crippen LogP contribution is -2.33. The second-order valence-electron chi connectivity index (χ2n) is 6.26. The Hall–Kier alpha value is -2.60. The maximum absolute atomic E-state index is 13.7. The molecule has 0 aromatic heterocycles. The van der Waals surface area contributed by atoms with Crippen LogP contribution in [0.3, 0.4) is 0 Å². The Morgan fingerprint density at radius 2 is 2.04 bits per heavy atom. The average molecular weight is 358 g/mol. The fraction of sp³-hybridized carbons (Fsp3) is 0.350. The third kappa shape index (κ3) is 3.96. The van der Waals surface area contributed by atoms with Gasteiger partial charge in [0.15, 0.2) is 0 Å². The van der Waals surface area contributed by atoms with E-state index in [1.807, 2.05) is 18.2 Å². The standard InChI is InChI=1S/C20H23FN2O3/c1-25-14-9-10-15(19(12-14)26-2)18-8-5-11-23(18)13-20(24)22-17-7-4-3-6-16(17)21/h3-4,6-7,9-10,12,18H,5,8,11,13H2,1-2H3,(H,22,24)/t18-/m1/s1. The number of methoxy groups -OCH3 is 2. The van der Waals surface area contributed by atoms with Crippen LogP contribution in [-0.4, -0.2) is 38.1 Å². The highest BCUT2D eigenvalue weighted by molar-refractivity contribution is 5.92. The molecule has 3 rings (SSSR count). The molecule has 1 atom stereocenters. The molecule has 0 bridgehead atoms. The Morgan fingerprint density at radius 3 is 2.77 bits per heavy atom. The van der Waals surface area contributed by atoms with Crippen LogP contribution in [0.25, 0.3) is 0 Å². The van der Waals surface area contributed by atoms with E-state index in [4.69, 9.17) is 9.47 Å². The van der Waals surface area contributed by atoms with Crippen molar-refractivity contribution in [2.24, 2.45) is 0 Å². The number of ether oxygens (including phenoxy) is 2. The van der Waals surface area contributed by atoms with Crippen LogP contribution < -0.4 is 14.8 Å². The minimum absolute atomic E-state index is 0.0854. The summed E-state index contributed by atoms with van der Waals surface area (Å²) in [5.41, 5.74) is 1.24. The normalized spacial score (nSPS) is 17.1. The molecule has 6 heteroatoms. The largest absolute Gasteiger partial charge is 0.497 e. The van der Waals surface area contributed by atoms with Crippen LogP contribution in [0.5, 0.6) is 11.5 Å². The first-order valence-corrected chi connectivity index (χ1v) is 8.62. The van der Waals surface area contributed by atoms with Gasteiger partial charge in [0, 0.05) is 17.7 Å². The molecule has 2 aromatic carbocycles. The highest BCUT2D eigenvalue weighted by Gasteiger charge is 2.30. The van der Waals surface area contributed by atoms with E-state index in [1.54, 1.807) is 32.4 Å². The smallest absolute Gasteiger partial charge is 0.238 e. The van der Waals surface area contributed by atoms with E-state index in [-0.39, 0.29) is 24.2 Å². The van der Waals surface area contributed by atoms with Gasteiger partial charge in [0.2, 0.25) is 5.91 Å². The molecule has 2 aromatic rings. The maximum atomic E-state index is 13.7. The van der Waals surface area contributed by atoms with Gasteiger partial charge in [-0.05, 0) is 37.6 Å². The van der Waals surface area contributed by atoms with Gasteiger partial charge in [-0.25, -0.2) is 4.39 Å². The number of nitrogens with zero attached hydrogens (tertiary/aromatic N) is 1. The minimum atomic E-state index is -0.435. The van der Waals surface area contributed by atoms with Crippen molar-refractivity contribution in [3.63, 3.8) is 0 Å². The quantitative estimate of drug-likeness (QED) is 0.857. The fourth-order valence-electron chi connectivity index (χ4n) is 3.40. The Labute approximate surface area is 152 Å². The number of anilines is 1. The number of hydrogen-bond donors (Lipinski definition) is 1. The predicted octanol–water partition coefficient (Wildman–Crippen LogP) is 3.62. The lowest BCUT2D eigenvalue weighted by molar-refractivity contribution is -0.117. The van der Waals surface area contributed by atoms with Gasteiger partial charge >= 0.3 is 0 Å². The summed E-state index contributed by atoms with van der Waals surface area (Å²) in [5.74, 6) is 0.813. The number of para-hydroxylation sites is 1. The van der Waals surface area contributed by atoms with Crippen LogP contribution in [0.2, 0.25) is 0 Å². The van der Waals surface area contributed by atoms with Gasteiger partial charge in [-0.15, -0.1) is 0 Å². The fourth-order valence-corrected chi connectivity index (χ4v) is 3.40. The Kier molecular flexibility index (Phi) is 5.73. The summed E-state index contributed by atoms with van der Waals surface area (Å²) in [6, 6.07) is 12.0. The van der Waals surface area contributed by atoms with Gasteiger partial charge in [0.05, 0.1) is 26.5 Å². The predicted molar refractivity (Wildman–Crippen MR) is 98.1 cm³/mol. The zero-order valence-corrected chi connectivity index (χ0v) is 15.0. The van der Waals surface area contributed by atoms with Crippen LogP contribution in [-0.2, 0) is 4.79 Å². The van der Waals surface area contributed by atoms with Crippen LogP contribution >= 0.6 is 0 Å². The third-order valence-corrected chi connectivity index (χ3v) is 4.66. The molecule has 0 radical (unpaired) electrons. The summed E-state index contributed by atoms with van der Waals surface area (Å²) < 4.78 is 24.5. The van der Waals surface area contributed by atoms with E-state index in [9.17, 15) is 9.18 Å². The zero-order valence-electron chi connectivity index (χ0n) is 15.0. The topological polar surface area (TPSA) is 50.8 Å². The zero-order chi connectivity index (χ0) is 18.5. The molecule has 1 amide bonds. The van der Waals surface area contributed by atoms with E-state index in [2.05, 4.69) is 10.2 Å². The number of rotatable bonds is 6. The lowest BCUT2D eigenvalue weighted by atomic mass is 10.0. The number of carbonyl (C=O) groups is 1. The summed E-state index contributed by atoms with van der Waals surface area (Å²) in [6.45, 7) is 1.01. The first-order chi connectivity index (χ1) is 12.6. The Balaban J connectivity index is 1.72. The van der Waals surface area contributed by atoms with Gasteiger partial charge < -0.3 is 14.8 Å². The highest BCUT2D eigenvalue weighted by atomic mass is 19.1. The van der Waals surface area contributed by atoms with E-state index in [0.717, 1.165) is 36.4 Å². The number of carbonyl (C=O) groups excluding carboxylic acids is 1. The number of benzene rings is 2. The van der Waals surface area contributed by atoms with Gasteiger partial charge in [-0.3, -0.25) is 9.69 Å². The molecule has 0 spiro atoms. The van der Waals surface area contributed by atoms with Crippen molar-refractivity contribution in [3.05, 3.63) is 53.8 Å². The average Bonchev–Trinajstić information content (AvgIpc) is 3.10. The molecular formula is C20H23FN2O3. The molecule has 138 valence electrons. The van der Waals surface area contributed by atoms with Crippen molar-refractivity contribution in [1.82, 2.24) is 4.90 Å². The molecule has 1 saturated heterocycles. The molecular weight excluding hydrogens is 335 g/mol. The van der Waals surface area contributed by atoms with Crippen molar-refractivity contribution in [3.8, 4) is 11.5 Å². The lowest BCUT2D eigenvalue weighted by Gasteiger charge is -2.26. The number of likely N-dealkylation sites (tertiary alicyclic amines) is 1. The molecule has 1 heterocycles. The first-order valence-electron chi connectivity index (χ1n) is 8.62. The van der Waals surface area contributed by atoms with Crippen molar-refractivity contribution in [1.29, 1.82) is 0 Å². The summed E-state index contributed by atoms with van der Waals surface area (Å²) >= 11 is 0. The van der Waals surface area contributed by atoms with Gasteiger partial charge in [0.1, 0.15) is 17.3 Å². The van der Waals surface area contributed by atoms with Crippen LogP contribution in [0, 0.1) is 5.82 Å². The summed E-state index contributed by atoms with van der Waals surface area (Å²) in [5, 5.41) is 2.65. The van der Waals surface area contributed by atoms with Gasteiger partial charge in [-0.2, -0.15) is 0 Å². The molecule has 5 nitrogen and oxygen atoms in total. The monoisotopic (exact) mass is 358 g/mol. The van der Waals surface area contributed by atoms with Crippen molar-refractivity contribution < 1.29 is 18.7 Å². The molecule has 0 aliphatic carbocycles. The van der Waals surface area contributed by atoms with E-state index in [0.29, 0.717) is 0 Å². The number of hydrogen-bond acceptors (Lipinski definition) is 4. The SMILES string of the molecule is COc1ccc([C@H]2CCCN2CC(=O)Nc2ccccc2F)c(OC)c1. The van der Waals surface area contributed by atoms with Gasteiger partial charge in [-0.1, -0.05) is 18.2 Å². The molecule has 1 aliphatic rings. The van der Waals surface area contributed by atoms with Crippen LogP contribution in [0.4, 0.5) is 10.1 Å². The summed E-state index contributed by atoms with van der Waals surface area (Å²) in [6.07, 6.45) is 1.93. The number of halogens is 1. The minimum Gasteiger partial charge on any atom is -0.497 e. The summed E-state index contributed by atoms with van der Waals surface area (Å²) in [4.78, 5) is 14.5. The van der Waals surface area contributed by atoms with Crippen molar-refractivity contribution in [2.45, 2.75) is 18.9 Å². The molecule has 0 unspecified atom stereocenters. The van der Waals surface area contributed by atoms with E-state index >= 15 is 0 Å².